The summed E-state index contributed by atoms with van der Waals surface area (Å²) in [5, 5.41) is 5.54. The zero-order valence-electron chi connectivity index (χ0n) is 10.9. The van der Waals surface area contributed by atoms with Crippen LogP contribution in [0.2, 0.25) is 0 Å². The average Bonchev–Trinajstić information content (AvgIpc) is 2.74. The second-order valence-corrected chi connectivity index (χ2v) is 4.35. The molecule has 0 aliphatic carbocycles. The standard InChI is InChI=1S/C13H11F4N3O/c1-20-11(7-10(19-20)13(15,16)17)18-12(21)6-8-4-2-3-5-9(8)14/h2-5,7H,6H2,1H3,(H,18,21). The second-order valence-electron chi connectivity index (χ2n) is 4.35. The first-order valence-corrected chi connectivity index (χ1v) is 5.92. The van der Waals surface area contributed by atoms with Crippen molar-refractivity contribution < 1.29 is 22.4 Å². The van der Waals surface area contributed by atoms with Crippen LogP contribution in [0.5, 0.6) is 0 Å². The van der Waals surface area contributed by atoms with Crippen LogP contribution in [0, 0.1) is 5.82 Å². The van der Waals surface area contributed by atoms with Crippen molar-refractivity contribution in [3.05, 3.63) is 47.4 Å². The number of halogens is 4. The van der Waals surface area contributed by atoms with Gasteiger partial charge in [-0.3, -0.25) is 9.48 Å². The predicted octanol–water partition coefficient (Wildman–Crippen LogP) is 2.76. The molecule has 1 amide bonds. The van der Waals surface area contributed by atoms with Crippen LogP contribution < -0.4 is 5.32 Å². The maximum atomic E-state index is 13.4. The van der Waals surface area contributed by atoms with E-state index in [-0.39, 0.29) is 17.8 Å². The molecule has 0 spiro atoms. The van der Waals surface area contributed by atoms with Crippen molar-refractivity contribution in [3.63, 3.8) is 0 Å². The molecule has 0 radical (unpaired) electrons. The lowest BCUT2D eigenvalue weighted by molar-refractivity contribution is -0.141. The van der Waals surface area contributed by atoms with E-state index >= 15 is 0 Å². The van der Waals surface area contributed by atoms with E-state index in [1.165, 1.54) is 25.2 Å². The summed E-state index contributed by atoms with van der Waals surface area (Å²) >= 11 is 0. The molecule has 0 unspecified atom stereocenters. The van der Waals surface area contributed by atoms with Crippen molar-refractivity contribution in [2.75, 3.05) is 5.32 Å². The van der Waals surface area contributed by atoms with Gasteiger partial charge in [0.15, 0.2) is 5.69 Å². The van der Waals surface area contributed by atoms with E-state index in [0.717, 1.165) is 10.7 Å². The van der Waals surface area contributed by atoms with Crippen molar-refractivity contribution in [3.8, 4) is 0 Å². The Labute approximate surface area is 117 Å². The lowest BCUT2D eigenvalue weighted by atomic mass is 10.1. The Morgan fingerprint density at radius 3 is 2.57 bits per heavy atom. The summed E-state index contributed by atoms with van der Waals surface area (Å²) in [6.07, 6.45) is -4.87. The molecule has 1 aromatic heterocycles. The van der Waals surface area contributed by atoms with Crippen molar-refractivity contribution in [2.45, 2.75) is 12.6 Å². The quantitative estimate of drug-likeness (QED) is 0.886. The lowest BCUT2D eigenvalue weighted by Gasteiger charge is -2.05. The number of nitrogens with one attached hydrogen (secondary N) is 1. The third kappa shape index (κ3) is 3.59. The Kier molecular flexibility index (Phi) is 3.97. The smallest absolute Gasteiger partial charge is 0.311 e. The normalized spacial score (nSPS) is 11.5. The monoisotopic (exact) mass is 301 g/mol. The number of aromatic nitrogens is 2. The van der Waals surface area contributed by atoms with Crippen LogP contribution in [-0.2, 0) is 24.4 Å². The molecule has 1 aromatic carbocycles. The van der Waals surface area contributed by atoms with Crippen LogP contribution in [-0.4, -0.2) is 15.7 Å². The van der Waals surface area contributed by atoms with Gasteiger partial charge in [-0.05, 0) is 11.6 Å². The summed E-state index contributed by atoms with van der Waals surface area (Å²) in [6, 6.07) is 6.40. The van der Waals surface area contributed by atoms with Gasteiger partial charge in [0.25, 0.3) is 0 Å². The highest BCUT2D eigenvalue weighted by Crippen LogP contribution is 2.29. The summed E-state index contributed by atoms with van der Waals surface area (Å²) in [5.74, 6) is -1.28. The number of hydrogen-bond acceptors (Lipinski definition) is 2. The third-order valence-corrected chi connectivity index (χ3v) is 2.75. The number of alkyl halides is 3. The molecule has 8 heteroatoms. The first kappa shape index (κ1) is 15.0. The molecular weight excluding hydrogens is 290 g/mol. The zero-order valence-corrected chi connectivity index (χ0v) is 10.9. The van der Waals surface area contributed by atoms with Crippen molar-refractivity contribution >= 4 is 11.7 Å². The maximum Gasteiger partial charge on any atom is 0.435 e. The lowest BCUT2D eigenvalue weighted by Crippen LogP contribution is -2.17. The summed E-state index contributed by atoms with van der Waals surface area (Å²) in [4.78, 5) is 11.7. The molecule has 4 nitrogen and oxygen atoms in total. The summed E-state index contributed by atoms with van der Waals surface area (Å²) < 4.78 is 51.7. The molecule has 21 heavy (non-hydrogen) atoms. The Balaban J connectivity index is 2.10. The van der Waals surface area contributed by atoms with Crippen LogP contribution in [0.1, 0.15) is 11.3 Å². The molecule has 0 bridgehead atoms. The molecule has 112 valence electrons. The van der Waals surface area contributed by atoms with Gasteiger partial charge in [0, 0.05) is 13.1 Å². The van der Waals surface area contributed by atoms with Crippen molar-refractivity contribution in [1.82, 2.24) is 9.78 Å². The summed E-state index contributed by atoms with van der Waals surface area (Å²) in [7, 11) is 1.27. The number of hydrogen-bond donors (Lipinski definition) is 1. The van der Waals surface area contributed by atoms with Gasteiger partial charge in [0.2, 0.25) is 5.91 Å². The molecule has 0 atom stereocenters. The topological polar surface area (TPSA) is 46.9 Å². The van der Waals surface area contributed by atoms with Crippen molar-refractivity contribution in [2.24, 2.45) is 7.05 Å². The zero-order chi connectivity index (χ0) is 15.6. The van der Waals surface area contributed by atoms with Gasteiger partial charge in [-0.2, -0.15) is 18.3 Å². The van der Waals surface area contributed by atoms with Crippen molar-refractivity contribution in [1.29, 1.82) is 0 Å². The number of carbonyl (C=O) groups excluding carboxylic acids is 1. The molecule has 1 N–H and O–H groups in total. The number of benzene rings is 1. The van der Waals surface area contributed by atoms with E-state index in [9.17, 15) is 22.4 Å². The second kappa shape index (κ2) is 5.55. The predicted molar refractivity (Wildman–Crippen MR) is 66.9 cm³/mol. The minimum Gasteiger partial charge on any atom is -0.311 e. The number of nitrogens with zero attached hydrogens (tertiary/aromatic N) is 2. The molecular formula is C13H11F4N3O. The molecule has 0 fully saturated rings. The molecule has 0 saturated heterocycles. The van der Waals surface area contributed by atoms with E-state index in [2.05, 4.69) is 10.4 Å². The average molecular weight is 301 g/mol. The fourth-order valence-electron chi connectivity index (χ4n) is 1.72. The van der Waals surface area contributed by atoms with Crippen LogP contribution >= 0.6 is 0 Å². The van der Waals surface area contributed by atoms with E-state index in [0.29, 0.717) is 0 Å². The van der Waals surface area contributed by atoms with E-state index in [4.69, 9.17) is 0 Å². The van der Waals surface area contributed by atoms with Gasteiger partial charge in [-0.1, -0.05) is 18.2 Å². The van der Waals surface area contributed by atoms with Gasteiger partial charge < -0.3 is 5.32 Å². The number of amides is 1. The first-order valence-electron chi connectivity index (χ1n) is 5.92. The fourth-order valence-corrected chi connectivity index (χ4v) is 1.72. The minimum absolute atomic E-state index is 0.108. The maximum absolute atomic E-state index is 13.4. The largest absolute Gasteiger partial charge is 0.435 e. The Hall–Kier alpha value is -2.38. The summed E-state index contributed by atoms with van der Waals surface area (Å²) in [6.45, 7) is 0. The van der Waals surface area contributed by atoms with Gasteiger partial charge in [0.05, 0.1) is 6.42 Å². The highest BCUT2D eigenvalue weighted by atomic mass is 19.4. The number of anilines is 1. The highest BCUT2D eigenvalue weighted by Gasteiger charge is 2.34. The van der Waals surface area contributed by atoms with Crippen LogP contribution in [0.4, 0.5) is 23.4 Å². The van der Waals surface area contributed by atoms with Gasteiger partial charge in [0.1, 0.15) is 11.6 Å². The summed E-state index contributed by atoms with van der Waals surface area (Å²) in [5.41, 5.74) is -0.945. The Morgan fingerprint density at radius 2 is 2.00 bits per heavy atom. The molecule has 2 rings (SSSR count). The first-order chi connectivity index (χ1) is 9.77. The Morgan fingerprint density at radius 1 is 1.33 bits per heavy atom. The molecule has 1 heterocycles. The van der Waals surface area contributed by atoms with Crippen LogP contribution in [0.15, 0.2) is 30.3 Å². The van der Waals surface area contributed by atoms with E-state index in [1.54, 1.807) is 6.07 Å². The van der Waals surface area contributed by atoms with E-state index in [1.807, 2.05) is 0 Å². The Bertz CT molecular complexity index is 664. The van der Waals surface area contributed by atoms with Crippen LogP contribution in [0.3, 0.4) is 0 Å². The number of carbonyl (C=O) groups is 1. The molecule has 0 saturated carbocycles. The van der Waals surface area contributed by atoms with Crippen LogP contribution in [0.25, 0.3) is 0 Å². The molecule has 0 aliphatic rings. The molecule has 0 aliphatic heterocycles. The highest BCUT2D eigenvalue weighted by molar-refractivity contribution is 5.91. The number of rotatable bonds is 3. The fraction of sp³-hybridized carbons (Fsp3) is 0.231. The third-order valence-electron chi connectivity index (χ3n) is 2.75. The van der Waals surface area contributed by atoms with E-state index < -0.39 is 23.6 Å². The number of aryl methyl sites for hydroxylation is 1. The minimum atomic E-state index is -4.59. The molecule has 2 aromatic rings. The van der Waals surface area contributed by atoms with Gasteiger partial charge in [-0.15, -0.1) is 0 Å². The van der Waals surface area contributed by atoms with Gasteiger partial charge in [-0.25, -0.2) is 4.39 Å². The van der Waals surface area contributed by atoms with Gasteiger partial charge >= 0.3 is 6.18 Å². The SMILES string of the molecule is Cn1nc(C(F)(F)F)cc1NC(=O)Cc1ccccc1F.